The number of nitrogens with two attached hydrogens (primary N) is 1. The van der Waals surface area contributed by atoms with Crippen LogP contribution in [-0.2, 0) is 11.3 Å². The molecule has 0 aliphatic heterocycles. The van der Waals surface area contributed by atoms with Gasteiger partial charge in [0, 0.05) is 7.05 Å². The average molecular weight is 256 g/mol. The molecule has 1 aromatic heterocycles. The number of nitrogens with zero attached hydrogens (tertiary/aromatic N) is 1. The van der Waals surface area contributed by atoms with Gasteiger partial charge in [-0.1, -0.05) is 0 Å². The number of rotatable bonds is 6. The lowest BCUT2D eigenvalue weighted by atomic mass is 10.2. The first-order chi connectivity index (χ1) is 8.04. The summed E-state index contributed by atoms with van der Waals surface area (Å²) in [5.41, 5.74) is 5.83. The summed E-state index contributed by atoms with van der Waals surface area (Å²) in [7, 11) is 1.75. The van der Waals surface area contributed by atoms with E-state index in [-0.39, 0.29) is 5.91 Å². The maximum Gasteiger partial charge on any atom is 0.239 e. The van der Waals surface area contributed by atoms with Gasteiger partial charge < -0.3 is 15.1 Å². The zero-order valence-electron chi connectivity index (χ0n) is 10.6. The number of amides is 1. The van der Waals surface area contributed by atoms with Gasteiger partial charge in [0.05, 0.1) is 12.6 Å². The normalized spacial score (nSPS) is 12.5. The fourth-order valence-corrected chi connectivity index (χ4v) is 2.02. The van der Waals surface area contributed by atoms with E-state index in [1.165, 1.54) is 0 Å². The Hall–Kier alpha value is -0.940. The lowest BCUT2D eigenvalue weighted by Crippen LogP contribution is -2.41. The molecule has 0 bridgehead atoms. The quantitative estimate of drug-likeness (QED) is 0.840. The smallest absolute Gasteiger partial charge is 0.239 e. The molecule has 2 N–H and O–H groups in total. The first-order valence-electron chi connectivity index (χ1n) is 5.59. The van der Waals surface area contributed by atoms with Crippen molar-refractivity contribution in [1.29, 1.82) is 0 Å². The van der Waals surface area contributed by atoms with Gasteiger partial charge >= 0.3 is 0 Å². The second-order valence-corrected chi connectivity index (χ2v) is 5.08. The maximum atomic E-state index is 11.9. The van der Waals surface area contributed by atoms with Crippen molar-refractivity contribution in [2.45, 2.75) is 25.9 Å². The summed E-state index contributed by atoms with van der Waals surface area (Å²) in [6, 6.07) is 3.36. The first kappa shape index (κ1) is 14.1. The Morgan fingerprint density at radius 3 is 2.82 bits per heavy atom. The molecule has 0 aliphatic carbocycles. The van der Waals surface area contributed by atoms with Crippen LogP contribution in [0.3, 0.4) is 0 Å². The Kier molecular flexibility index (Phi) is 5.58. The summed E-state index contributed by atoms with van der Waals surface area (Å²) in [4.78, 5) is 13.5. The number of aryl methyl sites for hydroxylation is 1. The van der Waals surface area contributed by atoms with Gasteiger partial charge in [-0.25, -0.2) is 0 Å². The lowest BCUT2D eigenvalue weighted by Gasteiger charge is -2.20. The number of hydrogen-bond acceptors (Lipinski definition) is 4. The van der Waals surface area contributed by atoms with Crippen LogP contribution in [0, 0.1) is 6.92 Å². The van der Waals surface area contributed by atoms with Gasteiger partial charge in [-0.3, -0.25) is 4.79 Å². The van der Waals surface area contributed by atoms with Crippen molar-refractivity contribution in [3.8, 4) is 0 Å². The monoisotopic (exact) mass is 256 g/mol. The minimum atomic E-state index is -0.413. The molecular formula is C12H20N2O2S. The Labute approximate surface area is 107 Å². The zero-order valence-corrected chi connectivity index (χ0v) is 11.4. The fourth-order valence-electron chi connectivity index (χ4n) is 1.53. The highest BCUT2D eigenvalue weighted by Crippen LogP contribution is 2.10. The summed E-state index contributed by atoms with van der Waals surface area (Å²) in [6.45, 7) is 2.36. The molecule has 0 saturated carbocycles. The third-order valence-corrected chi connectivity index (χ3v) is 3.16. The molecule has 0 radical (unpaired) electrons. The van der Waals surface area contributed by atoms with Gasteiger partial charge in [-0.15, -0.1) is 0 Å². The van der Waals surface area contributed by atoms with E-state index in [2.05, 4.69) is 0 Å². The van der Waals surface area contributed by atoms with E-state index in [4.69, 9.17) is 10.2 Å². The topological polar surface area (TPSA) is 59.5 Å². The van der Waals surface area contributed by atoms with Crippen molar-refractivity contribution in [3.63, 3.8) is 0 Å². The molecule has 0 aromatic carbocycles. The lowest BCUT2D eigenvalue weighted by molar-refractivity contribution is -0.132. The van der Waals surface area contributed by atoms with Gasteiger partial charge in [-0.2, -0.15) is 11.8 Å². The molecule has 0 spiro atoms. The number of thioether (sulfide) groups is 1. The second kappa shape index (κ2) is 6.71. The Balaban J connectivity index is 2.46. The van der Waals surface area contributed by atoms with Crippen molar-refractivity contribution in [2.24, 2.45) is 5.73 Å². The zero-order chi connectivity index (χ0) is 12.8. The number of hydrogen-bond donors (Lipinski definition) is 1. The van der Waals surface area contributed by atoms with Crippen molar-refractivity contribution < 1.29 is 9.21 Å². The average Bonchev–Trinajstić information content (AvgIpc) is 2.70. The van der Waals surface area contributed by atoms with E-state index in [9.17, 15) is 4.79 Å². The van der Waals surface area contributed by atoms with Crippen molar-refractivity contribution in [2.75, 3.05) is 19.1 Å². The summed E-state index contributed by atoms with van der Waals surface area (Å²) in [5.74, 6) is 2.51. The van der Waals surface area contributed by atoms with E-state index >= 15 is 0 Å². The second-order valence-electron chi connectivity index (χ2n) is 4.09. The van der Waals surface area contributed by atoms with Crippen molar-refractivity contribution >= 4 is 17.7 Å². The Bertz CT molecular complexity index is 365. The molecule has 1 amide bonds. The van der Waals surface area contributed by atoms with Crippen LogP contribution in [0.1, 0.15) is 17.9 Å². The summed E-state index contributed by atoms with van der Waals surface area (Å²) < 4.78 is 5.43. The molecule has 1 heterocycles. The summed E-state index contributed by atoms with van der Waals surface area (Å²) in [5, 5.41) is 0. The number of likely N-dealkylation sites (N-methyl/N-ethyl adjacent to an activating group) is 1. The maximum absolute atomic E-state index is 11.9. The van der Waals surface area contributed by atoms with Crippen LogP contribution >= 0.6 is 11.8 Å². The summed E-state index contributed by atoms with van der Waals surface area (Å²) >= 11 is 1.70. The van der Waals surface area contributed by atoms with E-state index in [0.717, 1.165) is 17.3 Å². The van der Waals surface area contributed by atoms with Gasteiger partial charge in [0.25, 0.3) is 0 Å². The minimum Gasteiger partial charge on any atom is -0.464 e. The molecule has 1 atom stereocenters. The molecule has 0 fully saturated rings. The highest BCUT2D eigenvalue weighted by atomic mass is 32.2. The van der Waals surface area contributed by atoms with Gasteiger partial charge in [-0.05, 0) is 37.5 Å². The molecule has 0 unspecified atom stereocenters. The van der Waals surface area contributed by atoms with Crippen molar-refractivity contribution in [3.05, 3.63) is 23.7 Å². The van der Waals surface area contributed by atoms with Crippen molar-refractivity contribution in [1.82, 2.24) is 4.90 Å². The predicted octanol–water partition coefficient (Wildman–Crippen LogP) is 1.63. The molecule has 5 heteroatoms. The molecule has 0 aliphatic rings. The van der Waals surface area contributed by atoms with E-state index in [1.807, 2.05) is 25.3 Å². The third kappa shape index (κ3) is 4.44. The minimum absolute atomic E-state index is 0.0342. The Morgan fingerprint density at radius 2 is 2.29 bits per heavy atom. The number of carbonyl (C=O) groups excluding carboxylic acids is 1. The number of carbonyl (C=O) groups is 1. The van der Waals surface area contributed by atoms with E-state index in [1.54, 1.807) is 23.7 Å². The molecule has 1 rings (SSSR count). The van der Waals surface area contributed by atoms with Crippen LogP contribution in [0.15, 0.2) is 16.5 Å². The molecular weight excluding hydrogens is 236 g/mol. The van der Waals surface area contributed by atoms with Crippen LogP contribution in [0.25, 0.3) is 0 Å². The SMILES string of the molecule is CSCC[C@H](N)C(=O)N(C)Cc1ccc(C)o1. The molecule has 4 nitrogen and oxygen atoms in total. The van der Waals surface area contributed by atoms with Crippen LogP contribution in [0.4, 0.5) is 0 Å². The van der Waals surface area contributed by atoms with Gasteiger partial charge in [0.15, 0.2) is 0 Å². The van der Waals surface area contributed by atoms with Gasteiger partial charge in [0.2, 0.25) is 5.91 Å². The van der Waals surface area contributed by atoms with E-state index in [0.29, 0.717) is 13.0 Å². The fraction of sp³-hybridized carbons (Fsp3) is 0.583. The first-order valence-corrected chi connectivity index (χ1v) is 6.98. The third-order valence-electron chi connectivity index (χ3n) is 2.52. The van der Waals surface area contributed by atoms with E-state index < -0.39 is 6.04 Å². The molecule has 96 valence electrons. The van der Waals surface area contributed by atoms with Crippen LogP contribution < -0.4 is 5.73 Å². The highest BCUT2D eigenvalue weighted by molar-refractivity contribution is 7.98. The number of furan rings is 1. The van der Waals surface area contributed by atoms with Crippen LogP contribution in [0.5, 0.6) is 0 Å². The highest BCUT2D eigenvalue weighted by Gasteiger charge is 2.18. The Morgan fingerprint density at radius 1 is 1.59 bits per heavy atom. The van der Waals surface area contributed by atoms with Crippen LogP contribution in [-0.4, -0.2) is 35.9 Å². The molecule has 17 heavy (non-hydrogen) atoms. The standard InChI is InChI=1S/C12H20N2O2S/c1-9-4-5-10(16-9)8-14(2)12(15)11(13)6-7-17-3/h4-5,11H,6-8,13H2,1-3H3/t11-/m0/s1. The van der Waals surface area contributed by atoms with Gasteiger partial charge in [0.1, 0.15) is 11.5 Å². The summed E-state index contributed by atoms with van der Waals surface area (Å²) in [6.07, 6.45) is 2.72. The predicted molar refractivity (Wildman–Crippen MR) is 70.9 cm³/mol. The van der Waals surface area contributed by atoms with Crippen LogP contribution in [0.2, 0.25) is 0 Å². The molecule has 1 aromatic rings. The molecule has 0 saturated heterocycles. The largest absolute Gasteiger partial charge is 0.464 e.